The van der Waals surface area contributed by atoms with E-state index in [0.717, 1.165) is 5.56 Å². The van der Waals surface area contributed by atoms with Crippen molar-refractivity contribution in [1.82, 2.24) is 10.2 Å². The van der Waals surface area contributed by atoms with Crippen molar-refractivity contribution in [3.05, 3.63) is 82.3 Å². The summed E-state index contributed by atoms with van der Waals surface area (Å²) in [5.74, 6) is 0.521. The van der Waals surface area contributed by atoms with Crippen molar-refractivity contribution < 1.29 is 8.81 Å². The molecule has 0 saturated heterocycles. The summed E-state index contributed by atoms with van der Waals surface area (Å²) in [6, 6.07) is 13.9. The van der Waals surface area contributed by atoms with Gasteiger partial charge >= 0.3 is 0 Å². The predicted molar refractivity (Wildman–Crippen MR) is 83.9 cm³/mol. The standard InChI is InChI=1S/C17H12ClFN2O/c18-14-6-3-4-12(10-14)11-17-21-20-16(22-17)9-8-13-5-1-2-7-15(13)19/h1-10H,11H2. The number of nitrogens with zero attached hydrogens (tertiary/aromatic N) is 2. The van der Waals surface area contributed by atoms with Crippen LogP contribution in [0, 0.1) is 5.82 Å². The Balaban J connectivity index is 1.73. The molecular weight excluding hydrogens is 303 g/mol. The van der Waals surface area contributed by atoms with Gasteiger partial charge in [-0.25, -0.2) is 4.39 Å². The average Bonchev–Trinajstić information content (AvgIpc) is 2.94. The smallest absolute Gasteiger partial charge is 0.240 e. The fourth-order valence-corrected chi connectivity index (χ4v) is 2.21. The Morgan fingerprint density at radius 1 is 1.05 bits per heavy atom. The van der Waals surface area contributed by atoms with Gasteiger partial charge in [0.15, 0.2) is 0 Å². The molecule has 0 radical (unpaired) electrons. The van der Waals surface area contributed by atoms with Gasteiger partial charge in [-0.2, -0.15) is 0 Å². The lowest BCUT2D eigenvalue weighted by Gasteiger charge is -1.96. The quantitative estimate of drug-likeness (QED) is 0.705. The molecule has 2 aromatic carbocycles. The third-order valence-corrected chi connectivity index (χ3v) is 3.27. The number of hydrogen-bond donors (Lipinski definition) is 0. The van der Waals surface area contributed by atoms with Crippen molar-refractivity contribution in [1.29, 1.82) is 0 Å². The average molecular weight is 315 g/mol. The minimum absolute atomic E-state index is 0.294. The molecule has 0 aliphatic heterocycles. The molecule has 0 fully saturated rings. The molecule has 3 nitrogen and oxygen atoms in total. The third-order valence-electron chi connectivity index (χ3n) is 3.04. The molecule has 0 saturated carbocycles. The van der Waals surface area contributed by atoms with Crippen LogP contribution in [0.15, 0.2) is 52.9 Å². The van der Waals surface area contributed by atoms with Gasteiger partial charge in [-0.1, -0.05) is 41.9 Å². The van der Waals surface area contributed by atoms with Crippen molar-refractivity contribution in [2.75, 3.05) is 0 Å². The van der Waals surface area contributed by atoms with E-state index in [1.165, 1.54) is 6.07 Å². The summed E-state index contributed by atoms with van der Waals surface area (Å²) in [6.45, 7) is 0. The number of halogens is 2. The van der Waals surface area contributed by atoms with Crippen LogP contribution in [0.4, 0.5) is 4.39 Å². The van der Waals surface area contributed by atoms with E-state index in [1.807, 2.05) is 18.2 Å². The van der Waals surface area contributed by atoms with Crippen molar-refractivity contribution >= 4 is 23.8 Å². The molecule has 0 unspecified atom stereocenters. The number of aromatic nitrogens is 2. The number of hydrogen-bond acceptors (Lipinski definition) is 3. The first-order valence-corrected chi connectivity index (χ1v) is 7.08. The van der Waals surface area contributed by atoms with E-state index in [0.29, 0.717) is 28.8 Å². The SMILES string of the molecule is Fc1ccccc1C=Cc1nnc(Cc2cccc(Cl)c2)o1. The molecule has 3 aromatic rings. The molecule has 0 bridgehead atoms. The summed E-state index contributed by atoms with van der Waals surface area (Å²) in [4.78, 5) is 0. The zero-order valence-corrected chi connectivity index (χ0v) is 12.3. The van der Waals surface area contributed by atoms with E-state index in [-0.39, 0.29) is 5.82 Å². The molecule has 0 aliphatic rings. The van der Waals surface area contributed by atoms with Crippen molar-refractivity contribution in [2.24, 2.45) is 0 Å². The Morgan fingerprint density at radius 3 is 2.73 bits per heavy atom. The van der Waals surface area contributed by atoms with Gasteiger partial charge in [0, 0.05) is 16.7 Å². The number of benzene rings is 2. The molecular formula is C17H12ClFN2O. The maximum atomic E-state index is 13.5. The molecule has 1 aromatic heterocycles. The van der Waals surface area contributed by atoms with Crippen LogP contribution in [0.5, 0.6) is 0 Å². The first-order chi connectivity index (χ1) is 10.7. The van der Waals surface area contributed by atoms with E-state index in [4.69, 9.17) is 16.0 Å². The lowest BCUT2D eigenvalue weighted by molar-refractivity contribution is 0.496. The molecule has 0 atom stereocenters. The molecule has 0 N–H and O–H groups in total. The van der Waals surface area contributed by atoms with E-state index in [1.54, 1.807) is 36.4 Å². The predicted octanol–water partition coefficient (Wildman–Crippen LogP) is 4.62. The Kier molecular flexibility index (Phi) is 4.30. The second-order valence-electron chi connectivity index (χ2n) is 4.70. The highest BCUT2D eigenvalue weighted by atomic mass is 35.5. The normalized spacial score (nSPS) is 11.2. The highest BCUT2D eigenvalue weighted by molar-refractivity contribution is 6.30. The minimum atomic E-state index is -0.294. The van der Waals surface area contributed by atoms with Crippen LogP contribution in [0.1, 0.15) is 22.9 Å². The van der Waals surface area contributed by atoms with Gasteiger partial charge < -0.3 is 4.42 Å². The molecule has 22 heavy (non-hydrogen) atoms. The van der Waals surface area contributed by atoms with E-state index in [9.17, 15) is 4.39 Å². The summed E-state index contributed by atoms with van der Waals surface area (Å²) in [5, 5.41) is 8.56. The molecule has 0 aliphatic carbocycles. The molecule has 0 amide bonds. The van der Waals surface area contributed by atoms with Crippen LogP contribution in [-0.4, -0.2) is 10.2 Å². The van der Waals surface area contributed by atoms with Gasteiger partial charge in [0.05, 0.1) is 6.42 Å². The van der Waals surface area contributed by atoms with Crippen LogP contribution in [0.2, 0.25) is 5.02 Å². The summed E-state index contributed by atoms with van der Waals surface area (Å²) >= 11 is 5.94. The van der Waals surface area contributed by atoms with E-state index < -0.39 is 0 Å². The van der Waals surface area contributed by atoms with Crippen molar-refractivity contribution in [3.63, 3.8) is 0 Å². The number of rotatable bonds is 4. The highest BCUT2D eigenvalue weighted by Gasteiger charge is 2.05. The summed E-state index contributed by atoms with van der Waals surface area (Å²) in [6.07, 6.45) is 3.69. The fraction of sp³-hybridized carbons (Fsp3) is 0.0588. The van der Waals surface area contributed by atoms with Crippen LogP contribution in [0.25, 0.3) is 12.2 Å². The second-order valence-corrected chi connectivity index (χ2v) is 5.13. The van der Waals surface area contributed by atoms with Gasteiger partial charge in [-0.05, 0) is 29.8 Å². The van der Waals surface area contributed by atoms with Gasteiger partial charge in [-0.15, -0.1) is 10.2 Å². The minimum Gasteiger partial charge on any atom is -0.421 e. The molecule has 3 rings (SSSR count). The molecule has 1 heterocycles. The Morgan fingerprint density at radius 2 is 1.91 bits per heavy atom. The Labute approximate surface area is 132 Å². The van der Waals surface area contributed by atoms with E-state index in [2.05, 4.69) is 10.2 Å². The monoisotopic (exact) mass is 314 g/mol. The van der Waals surface area contributed by atoms with Gasteiger partial charge in [0.25, 0.3) is 0 Å². The maximum absolute atomic E-state index is 13.5. The van der Waals surface area contributed by atoms with Gasteiger partial charge in [-0.3, -0.25) is 0 Å². The summed E-state index contributed by atoms with van der Waals surface area (Å²) in [5.41, 5.74) is 1.46. The Bertz CT molecular complexity index is 814. The largest absolute Gasteiger partial charge is 0.421 e. The first-order valence-electron chi connectivity index (χ1n) is 6.70. The lowest BCUT2D eigenvalue weighted by Crippen LogP contribution is -1.87. The van der Waals surface area contributed by atoms with Gasteiger partial charge in [0.1, 0.15) is 5.82 Å². The van der Waals surface area contributed by atoms with Crippen LogP contribution >= 0.6 is 11.6 Å². The zero-order valence-electron chi connectivity index (χ0n) is 11.5. The molecule has 110 valence electrons. The van der Waals surface area contributed by atoms with Crippen LogP contribution in [0.3, 0.4) is 0 Å². The highest BCUT2D eigenvalue weighted by Crippen LogP contribution is 2.15. The maximum Gasteiger partial charge on any atom is 0.240 e. The lowest BCUT2D eigenvalue weighted by atomic mass is 10.1. The van der Waals surface area contributed by atoms with Crippen LogP contribution in [-0.2, 0) is 6.42 Å². The van der Waals surface area contributed by atoms with E-state index >= 15 is 0 Å². The van der Waals surface area contributed by atoms with Crippen LogP contribution < -0.4 is 0 Å². The fourth-order valence-electron chi connectivity index (χ4n) is 2.00. The summed E-state index contributed by atoms with van der Waals surface area (Å²) < 4.78 is 19.0. The Hall–Kier alpha value is -2.46. The zero-order chi connectivity index (χ0) is 15.4. The van der Waals surface area contributed by atoms with Gasteiger partial charge in [0.2, 0.25) is 11.8 Å². The summed E-state index contributed by atoms with van der Waals surface area (Å²) in [7, 11) is 0. The topological polar surface area (TPSA) is 38.9 Å². The van der Waals surface area contributed by atoms with Crippen molar-refractivity contribution in [2.45, 2.75) is 6.42 Å². The second kappa shape index (κ2) is 6.54. The molecule has 5 heteroatoms. The third kappa shape index (κ3) is 3.59. The van der Waals surface area contributed by atoms with Crippen molar-refractivity contribution in [3.8, 4) is 0 Å². The first kappa shape index (κ1) is 14.5. The molecule has 0 spiro atoms.